The molecule has 0 radical (unpaired) electrons. The van der Waals surface area contributed by atoms with E-state index in [0.717, 1.165) is 55.1 Å². The van der Waals surface area contributed by atoms with Gasteiger partial charge in [0.1, 0.15) is 5.75 Å². The molecule has 2 aromatic heterocycles. The van der Waals surface area contributed by atoms with Gasteiger partial charge in [0.25, 0.3) is 5.91 Å². The number of rotatable bonds is 6. The van der Waals surface area contributed by atoms with Gasteiger partial charge in [0.15, 0.2) is 0 Å². The van der Waals surface area contributed by atoms with Crippen LogP contribution in [0, 0.1) is 12.3 Å². The zero-order chi connectivity index (χ0) is 27.2. The first-order chi connectivity index (χ1) is 18.7. The molecule has 10 heteroatoms. The highest BCUT2D eigenvalue weighted by Crippen LogP contribution is 2.43. The number of carbonyl (C=O) groups excluding carboxylic acids is 1. The van der Waals surface area contributed by atoms with Crippen LogP contribution in [0.3, 0.4) is 0 Å². The highest BCUT2D eigenvalue weighted by molar-refractivity contribution is 6.01. The Morgan fingerprint density at radius 2 is 1.64 bits per heavy atom. The lowest BCUT2D eigenvalue weighted by atomic mass is 9.78. The van der Waals surface area contributed by atoms with Crippen LogP contribution >= 0.6 is 0 Å². The van der Waals surface area contributed by atoms with E-state index in [0.29, 0.717) is 17.8 Å². The average molecular weight is 536 g/mol. The van der Waals surface area contributed by atoms with E-state index in [4.69, 9.17) is 0 Å². The largest absolute Gasteiger partial charge is 0.573 e. The van der Waals surface area contributed by atoms with Gasteiger partial charge in [-0.3, -0.25) is 4.79 Å². The molecule has 39 heavy (non-hydrogen) atoms. The number of halogens is 3. The fourth-order valence-electron chi connectivity index (χ4n) is 5.71. The van der Waals surface area contributed by atoms with Crippen LogP contribution in [0.5, 0.6) is 5.75 Å². The summed E-state index contributed by atoms with van der Waals surface area (Å²) in [6.45, 7) is 5.89. The Morgan fingerprint density at radius 1 is 0.974 bits per heavy atom. The fourth-order valence-corrected chi connectivity index (χ4v) is 5.71. The van der Waals surface area contributed by atoms with Gasteiger partial charge in [0.05, 0.1) is 16.8 Å². The minimum atomic E-state index is -4.68. The smallest absolute Gasteiger partial charge is 0.406 e. The molecule has 7 nitrogen and oxygen atoms in total. The molecule has 0 atom stereocenters. The third kappa shape index (κ3) is 5.10. The number of nitrogens with one attached hydrogen (secondary N) is 1. The number of fused-ring (bicyclic) bond motifs is 1. The molecule has 2 fully saturated rings. The van der Waals surface area contributed by atoms with Gasteiger partial charge in [0, 0.05) is 55.7 Å². The van der Waals surface area contributed by atoms with Gasteiger partial charge in [-0.05, 0) is 67.4 Å². The third-order valence-corrected chi connectivity index (χ3v) is 7.62. The summed E-state index contributed by atoms with van der Waals surface area (Å²) in [5, 5.41) is 7.42. The molecule has 202 valence electrons. The number of pyridine rings is 1. The van der Waals surface area contributed by atoms with Crippen molar-refractivity contribution in [3.63, 3.8) is 0 Å². The summed E-state index contributed by atoms with van der Waals surface area (Å²) in [5.41, 5.74) is 5.32. The lowest BCUT2D eigenvalue weighted by molar-refractivity contribution is -0.274. The standard InChI is InChI=1S/C29H28F3N5O2/c1-20-26(25-4-2-3-14-37(25)34-20)27(38)33-16-21-5-7-22(8-6-21)35-15-13-28(17-35)18-36(19-28)23-9-11-24(12-10-23)39-29(30,31)32/h2-12,14H,13,15-19H2,1H3,(H,33,38). The van der Waals surface area contributed by atoms with Crippen LogP contribution in [-0.2, 0) is 6.54 Å². The molecular formula is C29H28F3N5O2. The molecule has 2 aliphatic rings. The van der Waals surface area contributed by atoms with Crippen LogP contribution in [0.4, 0.5) is 24.5 Å². The molecule has 2 aliphatic heterocycles. The molecule has 2 aromatic carbocycles. The second kappa shape index (κ2) is 9.52. The number of alkyl halides is 3. The number of nitrogens with zero attached hydrogens (tertiary/aromatic N) is 4. The predicted molar refractivity (Wildman–Crippen MR) is 142 cm³/mol. The Kier molecular flexibility index (Phi) is 6.12. The number of amides is 1. The van der Waals surface area contributed by atoms with Gasteiger partial charge in [-0.2, -0.15) is 5.10 Å². The number of hydrogen-bond acceptors (Lipinski definition) is 5. The fraction of sp³-hybridized carbons (Fsp3) is 0.310. The Labute approximate surface area is 223 Å². The van der Waals surface area contributed by atoms with Gasteiger partial charge in [0.2, 0.25) is 0 Å². The molecular weight excluding hydrogens is 507 g/mol. The highest BCUT2D eigenvalue weighted by atomic mass is 19.4. The highest BCUT2D eigenvalue weighted by Gasteiger charge is 2.47. The van der Waals surface area contributed by atoms with Gasteiger partial charge in [-0.15, -0.1) is 13.2 Å². The number of ether oxygens (including phenoxy) is 1. The normalized spacial score (nSPS) is 16.5. The number of hydrogen-bond donors (Lipinski definition) is 1. The molecule has 1 amide bonds. The van der Waals surface area contributed by atoms with Crippen molar-refractivity contribution < 1.29 is 22.7 Å². The van der Waals surface area contributed by atoms with Crippen molar-refractivity contribution in [2.75, 3.05) is 36.0 Å². The quantitative estimate of drug-likeness (QED) is 0.368. The third-order valence-electron chi connectivity index (χ3n) is 7.62. The average Bonchev–Trinajstić information content (AvgIpc) is 3.48. The lowest BCUT2D eigenvalue weighted by Crippen LogP contribution is -2.57. The van der Waals surface area contributed by atoms with E-state index < -0.39 is 6.36 Å². The maximum Gasteiger partial charge on any atom is 0.573 e. The molecule has 6 rings (SSSR count). The van der Waals surface area contributed by atoms with Crippen molar-refractivity contribution in [3.8, 4) is 5.75 Å². The van der Waals surface area contributed by atoms with Crippen LogP contribution in [0.25, 0.3) is 5.52 Å². The van der Waals surface area contributed by atoms with Crippen LogP contribution in [0.15, 0.2) is 72.9 Å². The van der Waals surface area contributed by atoms with Gasteiger partial charge in [-0.25, -0.2) is 4.52 Å². The van der Waals surface area contributed by atoms with E-state index in [1.807, 2.05) is 43.5 Å². The van der Waals surface area contributed by atoms with E-state index in [2.05, 4.69) is 37.1 Å². The zero-order valence-corrected chi connectivity index (χ0v) is 21.4. The number of benzene rings is 2. The van der Waals surface area contributed by atoms with Crippen LogP contribution in [0.2, 0.25) is 0 Å². The molecule has 1 N–H and O–H groups in total. The minimum Gasteiger partial charge on any atom is -0.406 e. The van der Waals surface area contributed by atoms with Crippen molar-refractivity contribution in [1.29, 1.82) is 0 Å². The number of carbonyl (C=O) groups is 1. The molecule has 1 spiro atoms. The molecule has 4 heterocycles. The van der Waals surface area contributed by atoms with Crippen LogP contribution in [0.1, 0.15) is 28.0 Å². The summed E-state index contributed by atoms with van der Waals surface area (Å²) in [6, 6.07) is 20.0. The maximum atomic E-state index is 12.9. The number of aromatic nitrogens is 2. The van der Waals surface area contributed by atoms with Crippen molar-refractivity contribution in [2.45, 2.75) is 26.3 Å². The van der Waals surface area contributed by atoms with E-state index in [1.54, 1.807) is 16.6 Å². The summed E-state index contributed by atoms with van der Waals surface area (Å²) in [7, 11) is 0. The van der Waals surface area contributed by atoms with E-state index in [1.165, 1.54) is 12.1 Å². The Hall–Kier alpha value is -4.21. The number of anilines is 2. The van der Waals surface area contributed by atoms with Gasteiger partial charge >= 0.3 is 6.36 Å². The van der Waals surface area contributed by atoms with Crippen molar-refractivity contribution >= 4 is 22.8 Å². The first kappa shape index (κ1) is 25.1. The zero-order valence-electron chi connectivity index (χ0n) is 21.4. The number of aryl methyl sites for hydroxylation is 1. The first-order valence-corrected chi connectivity index (χ1v) is 12.8. The summed E-state index contributed by atoms with van der Waals surface area (Å²) < 4.78 is 42.9. The SMILES string of the molecule is Cc1nn2ccccc2c1C(=O)NCc1ccc(N2CCC3(C2)CN(c2ccc(OC(F)(F)F)cc2)C3)cc1. The molecule has 2 saturated heterocycles. The van der Waals surface area contributed by atoms with E-state index in [9.17, 15) is 18.0 Å². The Morgan fingerprint density at radius 3 is 2.36 bits per heavy atom. The predicted octanol–water partition coefficient (Wildman–Crippen LogP) is 5.19. The molecule has 0 bridgehead atoms. The molecule has 4 aromatic rings. The Bertz CT molecular complexity index is 1490. The maximum absolute atomic E-state index is 12.9. The summed E-state index contributed by atoms with van der Waals surface area (Å²) >= 11 is 0. The first-order valence-electron chi connectivity index (χ1n) is 12.8. The van der Waals surface area contributed by atoms with E-state index >= 15 is 0 Å². The van der Waals surface area contributed by atoms with Crippen molar-refractivity contribution in [3.05, 3.63) is 89.7 Å². The van der Waals surface area contributed by atoms with Crippen LogP contribution < -0.4 is 19.9 Å². The Balaban J connectivity index is 1.02. The molecule has 0 aliphatic carbocycles. The van der Waals surface area contributed by atoms with Crippen LogP contribution in [-0.4, -0.2) is 48.1 Å². The second-order valence-corrected chi connectivity index (χ2v) is 10.4. The van der Waals surface area contributed by atoms with Gasteiger partial charge in [-0.1, -0.05) is 18.2 Å². The summed E-state index contributed by atoms with van der Waals surface area (Å²) in [4.78, 5) is 17.4. The van der Waals surface area contributed by atoms with Gasteiger partial charge < -0.3 is 19.9 Å². The monoisotopic (exact) mass is 535 g/mol. The summed E-state index contributed by atoms with van der Waals surface area (Å²) in [5.74, 6) is -0.349. The second-order valence-electron chi connectivity index (χ2n) is 10.4. The van der Waals surface area contributed by atoms with Crippen molar-refractivity contribution in [2.24, 2.45) is 5.41 Å². The van der Waals surface area contributed by atoms with Crippen molar-refractivity contribution in [1.82, 2.24) is 14.9 Å². The summed E-state index contributed by atoms with van der Waals surface area (Å²) in [6.07, 6.45) is -1.79. The lowest BCUT2D eigenvalue weighted by Gasteiger charge is -2.49. The minimum absolute atomic E-state index is 0.142. The molecule has 0 unspecified atom stereocenters. The molecule has 0 saturated carbocycles. The topological polar surface area (TPSA) is 62.1 Å². The van der Waals surface area contributed by atoms with E-state index in [-0.39, 0.29) is 17.1 Å².